The monoisotopic (exact) mass is 473 g/mol. The normalized spacial score (nSPS) is 18.9. The van der Waals surface area contributed by atoms with Crippen molar-refractivity contribution in [3.05, 3.63) is 41.6 Å². The molecule has 0 spiro atoms. The zero-order valence-corrected chi connectivity index (χ0v) is 18.1. The molecule has 2 aliphatic heterocycles. The summed E-state index contributed by atoms with van der Waals surface area (Å²) in [5.74, 6) is -1.92. The lowest BCUT2D eigenvalue weighted by atomic mass is 9.97. The molecule has 2 aliphatic rings. The van der Waals surface area contributed by atoms with E-state index in [0.29, 0.717) is 24.8 Å². The minimum atomic E-state index is -5.08. The fourth-order valence-electron chi connectivity index (χ4n) is 3.99. The van der Waals surface area contributed by atoms with Crippen LogP contribution in [0, 0.1) is 5.92 Å². The summed E-state index contributed by atoms with van der Waals surface area (Å²) >= 11 is 0. The van der Waals surface area contributed by atoms with Crippen molar-refractivity contribution < 1.29 is 41.8 Å². The Kier molecular flexibility index (Phi) is 8.14. The summed E-state index contributed by atoms with van der Waals surface area (Å²) in [6.45, 7) is 3.58. The molecule has 4 rings (SSSR count). The van der Waals surface area contributed by atoms with Gasteiger partial charge in [0, 0.05) is 33.4 Å². The Balaban J connectivity index is 0.000000383. The lowest BCUT2D eigenvalue weighted by molar-refractivity contribution is -0.192. The third-order valence-electron chi connectivity index (χ3n) is 5.61. The number of nitrogens with zero attached hydrogens (tertiary/aromatic N) is 3. The lowest BCUT2D eigenvalue weighted by Gasteiger charge is -2.36. The average molecular weight is 473 g/mol. The Hall–Kier alpha value is -2.86. The number of methoxy groups -OCH3 is 1. The zero-order chi connectivity index (χ0) is 24.0. The maximum atomic E-state index is 12.9. The van der Waals surface area contributed by atoms with Crippen LogP contribution in [-0.2, 0) is 27.2 Å². The van der Waals surface area contributed by atoms with Gasteiger partial charge in [-0.2, -0.15) is 18.3 Å². The first-order valence-electron chi connectivity index (χ1n) is 10.5. The number of aliphatic carboxylic acids is 1. The third kappa shape index (κ3) is 6.14. The molecular weight excluding hydrogens is 447 g/mol. The molecule has 1 N–H and O–H groups in total. The highest BCUT2D eigenvalue weighted by Gasteiger charge is 2.38. The van der Waals surface area contributed by atoms with Gasteiger partial charge in [0.25, 0.3) is 5.91 Å². The van der Waals surface area contributed by atoms with Gasteiger partial charge < -0.3 is 23.9 Å². The maximum Gasteiger partial charge on any atom is 0.490 e. The first-order chi connectivity index (χ1) is 15.7. The van der Waals surface area contributed by atoms with Gasteiger partial charge in [0.15, 0.2) is 5.76 Å². The number of aromatic nitrogens is 2. The summed E-state index contributed by atoms with van der Waals surface area (Å²) in [6.07, 6.45) is 1.31. The Bertz CT molecular complexity index is 922. The number of alkyl halides is 3. The number of rotatable bonds is 5. The Morgan fingerprint density at radius 2 is 2.00 bits per heavy atom. The van der Waals surface area contributed by atoms with Crippen molar-refractivity contribution in [3.63, 3.8) is 0 Å². The molecule has 1 saturated heterocycles. The van der Waals surface area contributed by atoms with Crippen LogP contribution >= 0.6 is 0 Å². The van der Waals surface area contributed by atoms with E-state index in [1.165, 1.54) is 11.8 Å². The molecule has 0 bridgehead atoms. The van der Waals surface area contributed by atoms with E-state index in [2.05, 4.69) is 9.78 Å². The highest BCUT2D eigenvalue weighted by Crippen LogP contribution is 2.32. The van der Waals surface area contributed by atoms with Gasteiger partial charge in [-0.15, -0.1) is 0 Å². The Morgan fingerprint density at radius 3 is 2.58 bits per heavy atom. The molecule has 1 amide bonds. The van der Waals surface area contributed by atoms with Crippen molar-refractivity contribution in [1.29, 1.82) is 0 Å². The Labute approximate surface area is 188 Å². The van der Waals surface area contributed by atoms with Crippen LogP contribution in [0.25, 0.3) is 0 Å². The number of hydrogen-bond acceptors (Lipinski definition) is 6. The number of carboxylic acids is 1. The topological polar surface area (TPSA) is 107 Å². The molecule has 0 aromatic carbocycles. The standard InChI is InChI=1S/C19H25N3O4.C2HF3O2/c1-24-13-16-18-15(4-7-21(16)19(23)17-3-2-8-26-17)11-20-22(18)12-14-5-9-25-10-6-14;3-2(4,5)1(6)7/h2-3,8,11,14,16H,4-7,9-10,12-13H2,1H3;(H,6,7). The van der Waals surface area contributed by atoms with E-state index in [4.69, 9.17) is 23.8 Å². The summed E-state index contributed by atoms with van der Waals surface area (Å²) < 4.78 is 50.1. The average Bonchev–Trinajstić information content (AvgIpc) is 3.45. The van der Waals surface area contributed by atoms with E-state index in [-0.39, 0.29) is 11.9 Å². The number of furan rings is 1. The number of ether oxygens (including phenoxy) is 2. The van der Waals surface area contributed by atoms with Crippen LogP contribution in [0.3, 0.4) is 0 Å². The molecule has 0 saturated carbocycles. The molecule has 182 valence electrons. The molecule has 2 aromatic heterocycles. The van der Waals surface area contributed by atoms with Crippen molar-refractivity contribution >= 4 is 11.9 Å². The number of carbonyl (C=O) groups is 2. The molecule has 4 heterocycles. The largest absolute Gasteiger partial charge is 0.490 e. The van der Waals surface area contributed by atoms with E-state index >= 15 is 0 Å². The van der Waals surface area contributed by atoms with Crippen LogP contribution in [0.5, 0.6) is 0 Å². The summed E-state index contributed by atoms with van der Waals surface area (Å²) in [7, 11) is 1.67. The molecule has 1 fully saturated rings. The summed E-state index contributed by atoms with van der Waals surface area (Å²) in [5, 5.41) is 11.8. The molecule has 1 atom stereocenters. The second-order valence-corrected chi connectivity index (χ2v) is 7.79. The van der Waals surface area contributed by atoms with Gasteiger partial charge in [-0.25, -0.2) is 4.79 Å². The van der Waals surface area contributed by atoms with E-state index in [9.17, 15) is 18.0 Å². The van der Waals surface area contributed by atoms with E-state index < -0.39 is 12.1 Å². The lowest BCUT2D eigenvalue weighted by Crippen LogP contribution is -2.43. The van der Waals surface area contributed by atoms with Crippen LogP contribution in [0.1, 0.15) is 40.7 Å². The smallest absolute Gasteiger partial charge is 0.475 e. The fraction of sp³-hybridized carbons (Fsp3) is 0.571. The molecule has 2 aromatic rings. The zero-order valence-electron chi connectivity index (χ0n) is 18.1. The van der Waals surface area contributed by atoms with Gasteiger partial charge in [0.05, 0.1) is 30.8 Å². The molecule has 0 aliphatic carbocycles. The van der Waals surface area contributed by atoms with Crippen molar-refractivity contribution in [2.45, 2.75) is 38.0 Å². The number of hydrogen-bond donors (Lipinski definition) is 1. The summed E-state index contributed by atoms with van der Waals surface area (Å²) in [4.78, 5) is 23.7. The van der Waals surface area contributed by atoms with Crippen molar-refractivity contribution in [1.82, 2.24) is 14.7 Å². The van der Waals surface area contributed by atoms with E-state index in [0.717, 1.165) is 44.7 Å². The van der Waals surface area contributed by atoms with Crippen molar-refractivity contribution in [2.75, 3.05) is 33.5 Å². The first kappa shape index (κ1) is 24.8. The molecule has 1 unspecified atom stereocenters. The SMILES string of the molecule is COCC1c2c(cnn2CC2CCOCC2)CCN1C(=O)c1ccco1.O=C(O)C(F)(F)F. The van der Waals surface area contributed by atoms with E-state index in [1.807, 2.05) is 11.1 Å². The molecule has 0 radical (unpaired) electrons. The van der Waals surface area contributed by atoms with Gasteiger partial charge in [0.1, 0.15) is 0 Å². The number of amides is 1. The summed E-state index contributed by atoms with van der Waals surface area (Å²) in [5.41, 5.74) is 2.31. The van der Waals surface area contributed by atoms with Gasteiger partial charge in [0.2, 0.25) is 0 Å². The quantitative estimate of drug-likeness (QED) is 0.712. The van der Waals surface area contributed by atoms with Gasteiger partial charge in [-0.3, -0.25) is 9.48 Å². The van der Waals surface area contributed by atoms with Crippen LogP contribution in [0.15, 0.2) is 29.0 Å². The van der Waals surface area contributed by atoms with Crippen LogP contribution in [0.4, 0.5) is 13.2 Å². The second-order valence-electron chi connectivity index (χ2n) is 7.79. The highest BCUT2D eigenvalue weighted by molar-refractivity contribution is 5.92. The molecule has 9 nitrogen and oxygen atoms in total. The second kappa shape index (κ2) is 10.8. The molecule has 12 heteroatoms. The maximum absolute atomic E-state index is 12.9. The Morgan fingerprint density at radius 1 is 1.30 bits per heavy atom. The van der Waals surface area contributed by atoms with Crippen LogP contribution < -0.4 is 0 Å². The van der Waals surface area contributed by atoms with Gasteiger partial charge >= 0.3 is 12.1 Å². The number of halogens is 3. The van der Waals surface area contributed by atoms with Crippen LogP contribution in [-0.4, -0.2) is 71.3 Å². The first-order valence-corrected chi connectivity index (χ1v) is 10.5. The van der Waals surface area contributed by atoms with Gasteiger partial charge in [-0.1, -0.05) is 0 Å². The van der Waals surface area contributed by atoms with Crippen molar-refractivity contribution in [3.8, 4) is 0 Å². The van der Waals surface area contributed by atoms with Crippen molar-refractivity contribution in [2.24, 2.45) is 5.92 Å². The highest BCUT2D eigenvalue weighted by atomic mass is 19.4. The summed E-state index contributed by atoms with van der Waals surface area (Å²) in [6, 6.07) is 3.30. The minimum absolute atomic E-state index is 0.0958. The number of carboxylic acid groups (broad SMARTS) is 1. The third-order valence-corrected chi connectivity index (χ3v) is 5.61. The number of carbonyl (C=O) groups excluding carboxylic acids is 1. The minimum Gasteiger partial charge on any atom is -0.475 e. The number of fused-ring (bicyclic) bond motifs is 1. The predicted octanol–water partition coefficient (Wildman–Crippen LogP) is 2.92. The fourth-order valence-corrected chi connectivity index (χ4v) is 3.99. The molecular formula is C21H26F3N3O6. The van der Waals surface area contributed by atoms with Gasteiger partial charge in [-0.05, 0) is 42.9 Å². The molecule has 33 heavy (non-hydrogen) atoms. The predicted molar refractivity (Wildman–Crippen MR) is 108 cm³/mol. The van der Waals surface area contributed by atoms with Crippen LogP contribution in [0.2, 0.25) is 0 Å². The van der Waals surface area contributed by atoms with E-state index in [1.54, 1.807) is 19.2 Å².